The summed E-state index contributed by atoms with van der Waals surface area (Å²) >= 11 is 0. The van der Waals surface area contributed by atoms with Gasteiger partial charge in [0.2, 0.25) is 0 Å². The number of anilines is 3. The van der Waals surface area contributed by atoms with Crippen LogP contribution in [0.5, 0.6) is 0 Å². The van der Waals surface area contributed by atoms with Crippen LogP contribution in [0.2, 0.25) is 0 Å². The van der Waals surface area contributed by atoms with Gasteiger partial charge in [0.15, 0.2) is 0 Å². The number of hydrogen-bond acceptors (Lipinski definition) is 3. The zero-order valence-corrected chi connectivity index (χ0v) is 45.0. The van der Waals surface area contributed by atoms with Gasteiger partial charge in [-0.15, -0.1) is 0 Å². The molecule has 0 radical (unpaired) electrons. The summed E-state index contributed by atoms with van der Waals surface area (Å²) in [6.45, 7) is 14.6. The molecule has 4 heteroatoms. The fraction of sp³-hybridized carbons (Fsp3) is 0.120. The van der Waals surface area contributed by atoms with Crippen LogP contribution in [0.4, 0.5) is 17.1 Å². The van der Waals surface area contributed by atoms with Gasteiger partial charge in [0.1, 0.15) is 22.3 Å². The second kappa shape index (κ2) is 15.4. The van der Waals surface area contributed by atoms with Crippen LogP contribution in [0.1, 0.15) is 74.9 Å². The third-order valence-corrected chi connectivity index (χ3v) is 18.7. The zero-order chi connectivity index (χ0) is 52.8. The summed E-state index contributed by atoms with van der Waals surface area (Å²) in [4.78, 5) is 2.47. The van der Waals surface area contributed by atoms with Gasteiger partial charge in [-0.25, -0.2) is 0 Å². The Labute approximate surface area is 458 Å². The van der Waals surface area contributed by atoms with E-state index in [1.807, 2.05) is 0 Å². The van der Waals surface area contributed by atoms with E-state index in [1.54, 1.807) is 0 Å². The molecule has 0 fully saturated rings. The molecule has 14 aromatic rings. The van der Waals surface area contributed by atoms with Gasteiger partial charge in [0.25, 0.3) is 0 Å². The summed E-state index contributed by atoms with van der Waals surface area (Å²) in [6, 6.07) is 80.5. The second-order valence-corrected chi connectivity index (χ2v) is 23.9. The second-order valence-electron chi connectivity index (χ2n) is 23.9. The van der Waals surface area contributed by atoms with Crippen molar-refractivity contribution in [3.63, 3.8) is 0 Å². The Bertz CT molecular complexity index is 4980. The van der Waals surface area contributed by atoms with Crippen molar-refractivity contribution in [1.82, 2.24) is 4.57 Å². The van der Waals surface area contributed by atoms with Crippen LogP contribution in [-0.4, -0.2) is 4.57 Å². The lowest BCUT2D eigenvalue weighted by molar-refractivity contribution is 0.600. The fourth-order valence-corrected chi connectivity index (χ4v) is 15.1. The molecule has 0 amide bonds. The molecule has 79 heavy (non-hydrogen) atoms. The maximum absolute atomic E-state index is 7.05. The molecule has 0 saturated heterocycles. The number of rotatable bonds is 5. The van der Waals surface area contributed by atoms with E-state index >= 15 is 0 Å². The Morgan fingerprint density at radius 1 is 0.342 bits per heavy atom. The van der Waals surface area contributed by atoms with Crippen molar-refractivity contribution in [2.45, 2.75) is 57.8 Å². The highest BCUT2D eigenvalue weighted by Gasteiger charge is 2.49. The molecule has 0 saturated carbocycles. The van der Waals surface area contributed by atoms with E-state index < -0.39 is 0 Å². The Morgan fingerprint density at radius 3 is 1.59 bits per heavy atom. The summed E-state index contributed by atoms with van der Waals surface area (Å²) < 4.78 is 16.4. The number of benzene rings is 11. The zero-order valence-electron chi connectivity index (χ0n) is 45.0. The standard InChI is InChI=1S/C75H54N2O2/c1-73(2)57-40-46(34-36-50(57)64-59(73)42-54(71-66(64)52-27-15-19-31-62(52)78-71)43-33-38-61-55(39-43)48-25-14-18-30-60(48)77(61)45-23-11-8-12-24-45)76(44-21-9-7-10-22-44)47-35-37-51-58(41-47)75(5,6)69-65(51)67-53-28-16-20-32-63(53)79-72(67)68-49-26-13-17-29-56(49)74(3,4)70(68)69/h7-42H,1-6H3. The molecule has 3 heterocycles. The third kappa shape index (κ3) is 5.78. The minimum Gasteiger partial charge on any atom is -0.455 e. The maximum Gasteiger partial charge on any atom is 0.144 e. The fourth-order valence-electron chi connectivity index (χ4n) is 15.1. The third-order valence-electron chi connectivity index (χ3n) is 18.7. The van der Waals surface area contributed by atoms with Gasteiger partial charge < -0.3 is 18.3 Å². The normalized spacial score (nSPS) is 15.0. The molecule has 4 nitrogen and oxygen atoms in total. The number of para-hydroxylation sites is 5. The van der Waals surface area contributed by atoms with Gasteiger partial charge in [0, 0.05) is 82.4 Å². The molecule has 0 unspecified atom stereocenters. The predicted molar refractivity (Wildman–Crippen MR) is 328 cm³/mol. The minimum atomic E-state index is -0.358. The van der Waals surface area contributed by atoms with Crippen LogP contribution in [0.3, 0.4) is 0 Å². The van der Waals surface area contributed by atoms with Gasteiger partial charge in [-0.1, -0.05) is 175 Å². The van der Waals surface area contributed by atoms with Crippen LogP contribution in [0.25, 0.3) is 116 Å². The van der Waals surface area contributed by atoms with Gasteiger partial charge in [-0.05, 0) is 152 Å². The van der Waals surface area contributed by atoms with Crippen LogP contribution in [0.15, 0.2) is 227 Å². The Hall–Kier alpha value is -9.38. The Balaban J connectivity index is 0.847. The van der Waals surface area contributed by atoms with E-state index in [-0.39, 0.29) is 16.2 Å². The first-order valence-electron chi connectivity index (χ1n) is 27.8. The lowest BCUT2D eigenvalue weighted by atomic mass is 9.72. The lowest BCUT2D eigenvalue weighted by Crippen LogP contribution is -2.24. The summed E-state index contributed by atoms with van der Waals surface area (Å²) in [7, 11) is 0. The average molecular weight is 1020 g/mol. The SMILES string of the molecule is CC1(C)c2cc(N(c3ccccc3)c3ccc4c(c3)C(C)(C)c3c5c(c6oc7ccccc7c6c3-4)-c3ccccc3C5(C)C)ccc2-c2c1cc(-c1ccc3c(c1)c1ccccc1n3-c1ccccc1)c1oc3ccccc3c21. The van der Waals surface area contributed by atoms with E-state index in [2.05, 4.69) is 269 Å². The Kier molecular flexibility index (Phi) is 8.73. The summed E-state index contributed by atoms with van der Waals surface area (Å²) in [5.74, 6) is 0. The molecule has 0 aliphatic heterocycles. The molecule has 0 spiro atoms. The molecular weight excluding hydrogens is 961 g/mol. The largest absolute Gasteiger partial charge is 0.455 e. The first kappa shape index (κ1) is 44.7. The monoisotopic (exact) mass is 1010 g/mol. The summed E-state index contributed by atoms with van der Waals surface area (Å²) in [5.41, 5.74) is 27.7. The highest BCUT2D eigenvalue weighted by Crippen LogP contribution is 2.64. The first-order valence-corrected chi connectivity index (χ1v) is 27.8. The highest BCUT2D eigenvalue weighted by atomic mass is 16.3. The number of hydrogen-bond donors (Lipinski definition) is 0. The van der Waals surface area contributed by atoms with E-state index in [0.29, 0.717) is 0 Å². The summed E-state index contributed by atoms with van der Waals surface area (Å²) in [5, 5.41) is 7.14. The van der Waals surface area contributed by atoms with Crippen molar-refractivity contribution in [3.05, 3.63) is 252 Å². The maximum atomic E-state index is 7.05. The van der Waals surface area contributed by atoms with Crippen molar-refractivity contribution in [2.75, 3.05) is 4.90 Å². The predicted octanol–water partition coefficient (Wildman–Crippen LogP) is 20.6. The number of nitrogens with zero attached hydrogens (tertiary/aromatic N) is 2. The van der Waals surface area contributed by atoms with Crippen molar-refractivity contribution in [2.24, 2.45) is 0 Å². The minimum absolute atomic E-state index is 0.233. The average Bonchev–Trinajstić information content (AvgIpc) is 2.42. The highest BCUT2D eigenvalue weighted by molar-refractivity contribution is 6.22. The van der Waals surface area contributed by atoms with E-state index in [9.17, 15) is 0 Å². The molecule has 0 N–H and O–H groups in total. The lowest BCUT2D eigenvalue weighted by Gasteiger charge is -2.32. The first-order chi connectivity index (χ1) is 38.5. The van der Waals surface area contributed by atoms with E-state index in [4.69, 9.17) is 8.83 Å². The molecule has 0 atom stereocenters. The molecule has 17 rings (SSSR count). The molecule has 3 aromatic heterocycles. The van der Waals surface area contributed by atoms with Crippen LogP contribution >= 0.6 is 0 Å². The molecule has 3 aliphatic rings. The molecule has 11 aromatic carbocycles. The molecule has 0 bridgehead atoms. The van der Waals surface area contributed by atoms with E-state index in [1.165, 1.54) is 105 Å². The quantitative estimate of drug-likeness (QED) is 0.172. The number of fused-ring (bicyclic) bond motifs is 22. The van der Waals surface area contributed by atoms with Crippen LogP contribution in [0, 0.1) is 0 Å². The summed E-state index contributed by atoms with van der Waals surface area (Å²) in [6.07, 6.45) is 0. The van der Waals surface area contributed by atoms with Gasteiger partial charge in [-0.3, -0.25) is 0 Å². The van der Waals surface area contributed by atoms with Crippen molar-refractivity contribution < 1.29 is 8.83 Å². The molecular formula is C75H54N2O2. The smallest absolute Gasteiger partial charge is 0.144 e. The van der Waals surface area contributed by atoms with E-state index in [0.717, 1.165) is 61.6 Å². The van der Waals surface area contributed by atoms with Gasteiger partial charge >= 0.3 is 0 Å². The van der Waals surface area contributed by atoms with Crippen molar-refractivity contribution >= 4 is 82.7 Å². The Morgan fingerprint density at radius 2 is 0.873 bits per heavy atom. The van der Waals surface area contributed by atoms with Crippen LogP contribution < -0.4 is 4.90 Å². The molecule has 376 valence electrons. The number of furan rings is 2. The van der Waals surface area contributed by atoms with Gasteiger partial charge in [-0.2, -0.15) is 0 Å². The van der Waals surface area contributed by atoms with Crippen molar-refractivity contribution in [1.29, 1.82) is 0 Å². The topological polar surface area (TPSA) is 34.5 Å². The molecule has 3 aliphatic carbocycles. The number of aromatic nitrogens is 1. The van der Waals surface area contributed by atoms with Gasteiger partial charge in [0.05, 0.1) is 11.0 Å². The van der Waals surface area contributed by atoms with Crippen LogP contribution in [-0.2, 0) is 16.2 Å². The van der Waals surface area contributed by atoms with Crippen molar-refractivity contribution in [3.8, 4) is 50.2 Å².